The Hall–Kier alpha value is -14.8. The van der Waals surface area contributed by atoms with Gasteiger partial charge in [0, 0.05) is 177 Å². The molecular formula is C90H150N18O30. The van der Waals surface area contributed by atoms with Gasteiger partial charge in [-0.15, -0.1) is 0 Å². The molecule has 0 spiro atoms. The fraction of sp³-hybridized carbons (Fsp3) is 0.556. The molecule has 0 aromatic carbocycles. The van der Waals surface area contributed by atoms with Gasteiger partial charge in [-0.2, -0.15) is 0 Å². The number of carbonyl (C=O) groups excluding carboxylic acids is 26. The third-order valence-corrected chi connectivity index (χ3v) is 16.9. The van der Waals surface area contributed by atoms with E-state index >= 15 is 0 Å². The first kappa shape index (κ1) is 149. The zero-order valence-corrected chi connectivity index (χ0v) is 80.4. The van der Waals surface area contributed by atoms with Crippen molar-refractivity contribution in [2.24, 2.45) is 41.8 Å². The Labute approximate surface area is 808 Å². The van der Waals surface area contributed by atoms with Crippen LogP contribution in [0.1, 0.15) is 249 Å². The number of aliphatic hydroxyl groups is 4. The minimum absolute atomic E-state index is 0. The lowest BCUT2D eigenvalue weighted by atomic mass is 9.98. The second-order valence-corrected chi connectivity index (χ2v) is 28.2. The van der Waals surface area contributed by atoms with Gasteiger partial charge < -0.3 is 52.3 Å². The van der Waals surface area contributed by atoms with Gasteiger partial charge in [-0.25, -0.2) is 0 Å². The molecule has 0 unspecified atom stereocenters. The summed E-state index contributed by atoms with van der Waals surface area (Å²) in [5.74, 6) is -7.47. The summed E-state index contributed by atoms with van der Waals surface area (Å²) in [6.07, 6.45) is 1.90. The van der Waals surface area contributed by atoms with E-state index in [0.29, 0.717) is 77.8 Å². The number of allylic oxidation sites excluding steroid dienone is 4. The largest absolute Gasteiger partial charge is 0.512 e. The smallest absolute Gasteiger partial charge is 0.227 e. The summed E-state index contributed by atoms with van der Waals surface area (Å²) in [5.41, 5.74) is 0.326. The molecule has 0 saturated heterocycles. The third kappa shape index (κ3) is 64.2. The zero-order chi connectivity index (χ0) is 105. The summed E-state index contributed by atoms with van der Waals surface area (Å²) in [4.78, 5) is 309. The van der Waals surface area contributed by atoms with E-state index in [2.05, 4.69) is 61.9 Å². The number of hydrogen-bond acceptors (Lipinski definition) is 36. The molecule has 0 saturated carbocycles. The van der Waals surface area contributed by atoms with E-state index in [1.54, 1.807) is 0 Å². The van der Waals surface area contributed by atoms with Gasteiger partial charge in [-0.3, -0.25) is 184 Å². The normalized spacial score (nSPS) is 13.6. The van der Waals surface area contributed by atoms with Crippen LogP contribution in [0.3, 0.4) is 0 Å². The van der Waals surface area contributed by atoms with Crippen molar-refractivity contribution in [3.8, 4) is 0 Å². The van der Waals surface area contributed by atoms with Crippen LogP contribution in [0.2, 0.25) is 0 Å². The highest BCUT2D eigenvalue weighted by Crippen LogP contribution is 2.13. The molecule has 0 aromatic heterocycles. The number of amidine groups is 6. The quantitative estimate of drug-likeness (QED) is 0.0646. The molecule has 0 aromatic rings. The van der Waals surface area contributed by atoms with E-state index in [0.717, 1.165) is 29.4 Å². The van der Waals surface area contributed by atoms with Gasteiger partial charge in [-0.1, -0.05) is 44.6 Å². The summed E-state index contributed by atoms with van der Waals surface area (Å²) >= 11 is 0. The van der Waals surface area contributed by atoms with Crippen molar-refractivity contribution in [2.45, 2.75) is 249 Å². The van der Waals surface area contributed by atoms with Gasteiger partial charge in [0.2, 0.25) is 106 Å². The van der Waals surface area contributed by atoms with Crippen LogP contribution in [0.4, 0.5) is 0 Å². The van der Waals surface area contributed by atoms with Crippen molar-refractivity contribution in [1.82, 2.24) is 61.3 Å². The van der Waals surface area contributed by atoms with Gasteiger partial charge >= 0.3 is 0 Å². The number of Topliss-reactive ketones (excluding diaryl/α,β-unsaturated/α-hetero) is 8. The van der Waals surface area contributed by atoms with Crippen LogP contribution in [-0.2, 0) is 125 Å². The highest BCUT2D eigenvalue weighted by molar-refractivity contribution is 6.28. The number of rotatable bonds is 14. The number of nitrogens with one attached hydrogen (secondary N) is 6. The first-order chi connectivity index (χ1) is 60.4. The Kier molecular flexibility index (Phi) is 82.5. The van der Waals surface area contributed by atoms with Gasteiger partial charge in [0.1, 0.15) is 93.0 Å². The van der Waals surface area contributed by atoms with Crippen molar-refractivity contribution in [2.75, 3.05) is 81.6 Å². The van der Waals surface area contributed by atoms with Crippen molar-refractivity contribution in [1.29, 1.82) is 0 Å². The Morgan fingerprint density at radius 2 is 0.333 bits per heavy atom. The maximum absolute atomic E-state index is 11.1. The lowest BCUT2D eigenvalue weighted by Crippen LogP contribution is -2.44. The van der Waals surface area contributed by atoms with Crippen molar-refractivity contribution in [3.05, 3.63) is 45.3 Å². The molecule has 6 aliphatic rings. The molecule has 0 bridgehead atoms. The van der Waals surface area contributed by atoms with Gasteiger partial charge in [-0.05, 0) is 83.1 Å². The number of ketones is 8. The Morgan fingerprint density at radius 3 is 0.413 bits per heavy atom. The second kappa shape index (κ2) is 76.5. The zero-order valence-electron chi connectivity index (χ0n) is 80.4. The van der Waals surface area contributed by atoms with Crippen LogP contribution >= 0.6 is 0 Å². The fourth-order valence-corrected chi connectivity index (χ4v) is 9.00. The van der Waals surface area contributed by atoms with Crippen LogP contribution in [0.15, 0.2) is 75.3 Å². The maximum Gasteiger partial charge on any atom is 0.227 e. The van der Waals surface area contributed by atoms with Crippen LogP contribution in [0.25, 0.3) is 0 Å². The molecule has 18 amide bonds. The molecule has 6 heterocycles. The first-order valence-corrected chi connectivity index (χ1v) is 39.7. The van der Waals surface area contributed by atoms with E-state index < -0.39 is 11.8 Å². The molecule has 48 nitrogen and oxygen atoms in total. The van der Waals surface area contributed by atoms with Gasteiger partial charge in [0.15, 0.2) is 23.1 Å². The number of amides is 18. The Morgan fingerprint density at radius 1 is 0.217 bits per heavy atom. The summed E-state index contributed by atoms with van der Waals surface area (Å²) in [5, 5.41) is 51.7. The van der Waals surface area contributed by atoms with Gasteiger partial charge in [0.05, 0.1) is 48.5 Å². The molecule has 780 valence electrons. The number of aliphatic imine (C=N–C) groups is 6. The summed E-state index contributed by atoms with van der Waals surface area (Å²) < 4.78 is 0. The van der Waals surface area contributed by atoms with E-state index in [1.807, 2.05) is 0 Å². The van der Waals surface area contributed by atoms with E-state index in [1.165, 1.54) is 208 Å². The topological polar surface area (TPSA) is 691 Å². The minimum Gasteiger partial charge on any atom is -0.512 e. The maximum atomic E-state index is 11.1. The highest BCUT2D eigenvalue weighted by atomic mass is 16.3. The first-order valence-electron chi connectivity index (χ1n) is 39.7. The minimum atomic E-state index is -0.903. The van der Waals surface area contributed by atoms with E-state index in [-0.39, 0.29) is 277 Å². The van der Waals surface area contributed by atoms with Crippen LogP contribution in [0, 0.1) is 11.8 Å². The molecule has 0 radical (unpaired) electrons. The fourth-order valence-electron chi connectivity index (χ4n) is 9.00. The Balaban J connectivity index is -0.000000126. The SMILES string of the molecule is C.C.C.C.C.C.CC(=O)/C(C1=NCCC(=O)N1)=C(\C)O.CC(=O)/C(C1=NCCC(=O)N1)=C(\C)O.CC(=O)/C(C1=NCCC(=O)N1)=C(\C)O.CC(=O)C(C(C)=O)C1=NCCC(=O)N1.CC(=O)C(C(C)=O)C1=NCCC(=O)N1.CC(=O)C(C1=NCCC(=O)N1)=C(C)O.CC(=O)N(C)C(C)=O.CC(=O)N(C)C(C)=O.CC(=O)N(C)C(C)=O.CC(=O)N(C)C(C)=O.CC(=O)N(C)C(C)=O.CC(=O)N(C)C(C)=O. The number of nitrogens with zero attached hydrogens (tertiary/aromatic N) is 12. The molecule has 6 aliphatic heterocycles. The lowest BCUT2D eigenvalue weighted by Gasteiger charge is -2.18. The van der Waals surface area contributed by atoms with Gasteiger partial charge in [0.25, 0.3) is 0 Å². The average molecular weight is 1960 g/mol. The molecule has 10 N–H and O–H groups in total. The average Bonchev–Trinajstić information content (AvgIpc) is 0.877. The van der Waals surface area contributed by atoms with Crippen molar-refractivity contribution in [3.63, 3.8) is 0 Å². The Bertz CT molecular complexity index is 4050. The highest BCUT2D eigenvalue weighted by Gasteiger charge is 2.31. The summed E-state index contributed by atoms with van der Waals surface area (Å²) in [6.45, 7) is 34.4. The monoisotopic (exact) mass is 1960 g/mol. The standard InChI is InChI=1S/6C9H12N2O3.6C5H9NO2.6CH4/c6*1-5(12)8(6(2)13)9-10-4-3-7(14)11-9;6*1-4(7)6(3)5(2)8;;;;;;/h4*12H,3-4H2,1-2H3,(H,10,11,14);2*8H,3-4H2,1-2H3,(H,10,11,14);6*1-3H3;6*1H4/b3*8-5-;;;;;;;;;;;;;;;. The van der Waals surface area contributed by atoms with Crippen LogP contribution in [-0.4, -0.2) is 319 Å². The number of carbonyl (C=O) groups is 26. The second-order valence-electron chi connectivity index (χ2n) is 28.2. The molecular weight excluding hydrogens is 1810 g/mol. The molecule has 0 atom stereocenters. The molecule has 138 heavy (non-hydrogen) atoms. The van der Waals surface area contributed by atoms with Crippen LogP contribution < -0.4 is 31.9 Å². The molecule has 0 aliphatic carbocycles. The summed E-state index contributed by atoms with van der Waals surface area (Å²) in [6, 6.07) is 0. The molecule has 0 fully saturated rings. The van der Waals surface area contributed by atoms with Crippen LogP contribution in [0.5, 0.6) is 0 Å². The van der Waals surface area contributed by atoms with Crippen molar-refractivity contribution >= 4 is 188 Å². The third-order valence-electron chi connectivity index (χ3n) is 16.9. The van der Waals surface area contributed by atoms with E-state index in [9.17, 15) is 145 Å². The predicted molar refractivity (Wildman–Crippen MR) is 519 cm³/mol. The van der Waals surface area contributed by atoms with Crippen molar-refractivity contribution < 1.29 is 145 Å². The number of aliphatic hydroxyl groups excluding tert-OH is 4. The number of imide groups is 6. The van der Waals surface area contributed by atoms with E-state index in [4.69, 9.17) is 0 Å². The predicted octanol–water partition coefficient (Wildman–Crippen LogP) is 4.58. The number of hydrogen-bond donors (Lipinski definition) is 10. The lowest BCUT2D eigenvalue weighted by molar-refractivity contribution is -0.141. The molecule has 6 rings (SSSR count). The molecule has 48 heteroatoms. The summed E-state index contributed by atoms with van der Waals surface area (Å²) in [7, 11) is 8.69.